The quantitative estimate of drug-likeness (QED) is 0.0857. The number of aliphatic hydroxyl groups is 1. The number of likely N-dealkylation sites (N-methyl/N-ethyl adjacent to an activating group) is 1. The fourth-order valence-electron chi connectivity index (χ4n) is 4.64. The van der Waals surface area contributed by atoms with E-state index in [2.05, 4.69) is 34.1 Å². The summed E-state index contributed by atoms with van der Waals surface area (Å²) in [6, 6.07) is 22.0. The van der Waals surface area contributed by atoms with Gasteiger partial charge in [-0.2, -0.15) is 0 Å². The maximum Gasteiger partial charge on any atom is 0.193 e. The Hall–Kier alpha value is -3.14. The van der Waals surface area contributed by atoms with E-state index in [-0.39, 0.29) is 6.54 Å². The highest BCUT2D eigenvalue weighted by Crippen LogP contribution is 2.28. The number of fused-ring (bicyclic) bond motifs is 1. The van der Waals surface area contributed by atoms with Crippen LogP contribution in [0, 0.1) is 5.41 Å². The molecule has 4 rings (SSSR count). The number of alkyl halides is 1. The Kier molecular flexibility index (Phi) is 10.2. The lowest BCUT2D eigenvalue weighted by molar-refractivity contribution is -0.0994. The van der Waals surface area contributed by atoms with Gasteiger partial charge < -0.3 is 20.2 Å². The lowest BCUT2D eigenvalue weighted by Crippen LogP contribution is -2.50. The first-order valence-electron chi connectivity index (χ1n) is 13.2. The predicted octanol–water partition coefficient (Wildman–Crippen LogP) is 5.32. The van der Waals surface area contributed by atoms with Gasteiger partial charge in [-0.15, -0.1) is 0 Å². The lowest BCUT2D eigenvalue weighted by atomic mass is 10.1. The molecule has 0 saturated carbocycles. The van der Waals surface area contributed by atoms with Gasteiger partial charge in [-0.1, -0.05) is 61.0 Å². The van der Waals surface area contributed by atoms with Crippen molar-refractivity contribution in [3.8, 4) is 22.4 Å². The number of aromatic nitrogens is 2. The maximum absolute atomic E-state index is 14.8. The molecule has 4 aromatic rings. The molecule has 0 fully saturated rings. The van der Waals surface area contributed by atoms with Crippen LogP contribution in [0.5, 0.6) is 0 Å². The number of halogens is 2. The molecule has 2 atom stereocenters. The summed E-state index contributed by atoms with van der Waals surface area (Å²) < 4.78 is 16.9. The molecule has 0 saturated heterocycles. The minimum Gasteiger partial charge on any atom is -0.374 e. The summed E-state index contributed by atoms with van der Waals surface area (Å²) in [7, 11) is 1.56. The van der Waals surface area contributed by atoms with Crippen molar-refractivity contribution in [2.75, 3.05) is 33.2 Å². The van der Waals surface area contributed by atoms with Crippen molar-refractivity contribution in [3.63, 3.8) is 0 Å². The van der Waals surface area contributed by atoms with Gasteiger partial charge in [-0.25, -0.2) is 9.37 Å². The molecule has 7 nitrogen and oxygen atoms in total. The molecule has 0 spiro atoms. The van der Waals surface area contributed by atoms with E-state index in [0.717, 1.165) is 46.4 Å². The third kappa shape index (κ3) is 7.09. The summed E-state index contributed by atoms with van der Waals surface area (Å²) >= 11 is 6.14. The van der Waals surface area contributed by atoms with Crippen molar-refractivity contribution in [2.45, 2.75) is 32.4 Å². The highest BCUT2D eigenvalue weighted by atomic mass is 35.5. The van der Waals surface area contributed by atoms with Gasteiger partial charge in [-0.05, 0) is 48.9 Å². The molecule has 0 bridgehead atoms. The van der Waals surface area contributed by atoms with E-state index in [0.29, 0.717) is 31.2 Å². The Morgan fingerprint density at radius 1 is 1.05 bits per heavy atom. The second-order valence-electron chi connectivity index (χ2n) is 9.57. The molecule has 2 heterocycles. The second kappa shape index (κ2) is 13.8. The van der Waals surface area contributed by atoms with Crippen LogP contribution >= 0.6 is 11.6 Å². The van der Waals surface area contributed by atoms with E-state index in [1.165, 1.54) is 4.90 Å². The van der Waals surface area contributed by atoms with E-state index in [1.54, 1.807) is 11.9 Å². The van der Waals surface area contributed by atoms with Gasteiger partial charge in [0.15, 0.2) is 12.5 Å². The zero-order valence-corrected chi connectivity index (χ0v) is 23.2. The molecule has 206 valence electrons. The first-order chi connectivity index (χ1) is 18.9. The fourth-order valence-corrected chi connectivity index (χ4v) is 4.77. The van der Waals surface area contributed by atoms with E-state index in [1.807, 2.05) is 55.5 Å². The van der Waals surface area contributed by atoms with E-state index in [9.17, 15) is 9.50 Å². The standard InChI is InChI=1S/C30H36ClFN6O/c1-3-17-37(30(39)29(32)36(2)18-15-33)19-16-34-20-26-28(23-9-12-25(31)13-10-23)35-27-14-11-24(21-38(26)27)22-7-5-4-6-8-22/h4-15,21,29-30,33-34,39H,3,16-20H2,1-2H3. The zero-order chi connectivity index (χ0) is 27.8. The molecule has 39 heavy (non-hydrogen) atoms. The molecule has 9 heteroatoms. The first kappa shape index (κ1) is 28.9. The molecule has 0 amide bonds. The predicted molar refractivity (Wildman–Crippen MR) is 157 cm³/mol. The van der Waals surface area contributed by atoms with Crippen LogP contribution in [0.25, 0.3) is 28.0 Å². The number of hydrogen-bond acceptors (Lipinski definition) is 6. The molecule has 3 N–H and O–H groups in total. The average molecular weight is 551 g/mol. The topological polar surface area (TPSA) is 79.9 Å². The number of nitrogens with one attached hydrogen (secondary N) is 2. The van der Waals surface area contributed by atoms with Crippen molar-refractivity contribution in [2.24, 2.45) is 0 Å². The highest BCUT2D eigenvalue weighted by molar-refractivity contribution is 6.30. The number of hydrogen-bond donors (Lipinski definition) is 3. The van der Waals surface area contributed by atoms with Crippen LogP contribution in [0.1, 0.15) is 19.0 Å². The molecule has 2 unspecified atom stereocenters. The molecule has 0 aliphatic heterocycles. The Labute approximate surface area is 234 Å². The SMILES string of the molecule is CCCN(CCNCc1c(-c2ccc(Cl)cc2)nc2ccc(-c3ccccc3)cn12)C(O)C(F)N(C)CC=N. The third-order valence-corrected chi connectivity index (χ3v) is 6.99. The number of rotatable bonds is 14. The maximum atomic E-state index is 14.8. The summed E-state index contributed by atoms with van der Waals surface area (Å²) in [5.74, 6) is 0. The molecular formula is C30H36ClFN6O. The Balaban J connectivity index is 1.56. The number of pyridine rings is 1. The van der Waals surface area contributed by atoms with Gasteiger partial charge in [0.2, 0.25) is 0 Å². The smallest absolute Gasteiger partial charge is 0.193 e. The molecular weight excluding hydrogens is 515 g/mol. The van der Waals surface area contributed by atoms with E-state index < -0.39 is 12.5 Å². The largest absolute Gasteiger partial charge is 0.374 e. The molecule has 2 aromatic heterocycles. The van der Waals surface area contributed by atoms with E-state index in [4.69, 9.17) is 22.0 Å². The zero-order valence-electron chi connectivity index (χ0n) is 22.4. The average Bonchev–Trinajstić information content (AvgIpc) is 3.32. The van der Waals surface area contributed by atoms with Crippen molar-refractivity contribution in [1.82, 2.24) is 24.5 Å². The van der Waals surface area contributed by atoms with Crippen LogP contribution in [-0.4, -0.2) is 76.3 Å². The van der Waals surface area contributed by atoms with Crippen LogP contribution in [0.4, 0.5) is 4.39 Å². The first-order valence-corrected chi connectivity index (χ1v) is 13.6. The fraction of sp³-hybridized carbons (Fsp3) is 0.333. The molecule has 0 aliphatic rings. The minimum absolute atomic E-state index is 0.142. The Morgan fingerprint density at radius 2 is 1.77 bits per heavy atom. The van der Waals surface area contributed by atoms with Gasteiger partial charge in [-0.3, -0.25) is 9.80 Å². The van der Waals surface area contributed by atoms with Gasteiger partial charge in [0.05, 0.1) is 11.4 Å². The van der Waals surface area contributed by atoms with Crippen LogP contribution in [0.3, 0.4) is 0 Å². The number of benzene rings is 2. The third-order valence-electron chi connectivity index (χ3n) is 6.74. The van der Waals surface area contributed by atoms with Crippen LogP contribution in [-0.2, 0) is 6.54 Å². The van der Waals surface area contributed by atoms with Crippen LogP contribution in [0.15, 0.2) is 72.9 Å². The molecule has 2 aromatic carbocycles. The number of imidazole rings is 1. The summed E-state index contributed by atoms with van der Waals surface area (Å²) in [6.07, 6.45) is 1.17. The van der Waals surface area contributed by atoms with Crippen molar-refractivity contribution in [1.29, 1.82) is 5.41 Å². The minimum atomic E-state index is -1.58. The van der Waals surface area contributed by atoms with Gasteiger partial charge in [0.1, 0.15) is 5.65 Å². The number of aliphatic hydroxyl groups excluding tert-OH is 1. The van der Waals surface area contributed by atoms with Crippen LogP contribution < -0.4 is 5.32 Å². The summed E-state index contributed by atoms with van der Waals surface area (Å²) in [5.41, 5.74) is 5.89. The van der Waals surface area contributed by atoms with Crippen molar-refractivity contribution in [3.05, 3.63) is 83.6 Å². The van der Waals surface area contributed by atoms with Gasteiger partial charge >= 0.3 is 0 Å². The second-order valence-corrected chi connectivity index (χ2v) is 10.0. The summed E-state index contributed by atoms with van der Waals surface area (Å²) in [4.78, 5) is 8.00. The molecule has 0 radical (unpaired) electrons. The van der Waals surface area contributed by atoms with Crippen LogP contribution in [0.2, 0.25) is 5.02 Å². The summed E-state index contributed by atoms with van der Waals surface area (Å²) in [6.45, 7) is 4.25. The summed E-state index contributed by atoms with van der Waals surface area (Å²) in [5, 5.41) is 22.0. The van der Waals surface area contributed by atoms with E-state index >= 15 is 0 Å². The normalized spacial score (nSPS) is 13.3. The number of nitrogens with zero attached hydrogens (tertiary/aromatic N) is 4. The Morgan fingerprint density at radius 3 is 2.46 bits per heavy atom. The van der Waals surface area contributed by atoms with Gasteiger partial charge in [0.25, 0.3) is 0 Å². The Bertz CT molecular complexity index is 1350. The van der Waals surface area contributed by atoms with Crippen molar-refractivity contribution >= 4 is 23.5 Å². The monoisotopic (exact) mass is 550 g/mol. The van der Waals surface area contributed by atoms with Gasteiger partial charge in [0, 0.05) is 55.7 Å². The lowest BCUT2D eigenvalue weighted by Gasteiger charge is -2.33. The van der Waals surface area contributed by atoms with Crippen molar-refractivity contribution < 1.29 is 9.50 Å². The highest BCUT2D eigenvalue weighted by Gasteiger charge is 2.27. The molecule has 0 aliphatic carbocycles.